The van der Waals surface area contributed by atoms with Crippen molar-refractivity contribution in [3.63, 3.8) is 0 Å². The molecule has 0 heterocycles. The number of ether oxygens (including phenoxy) is 1. The second kappa shape index (κ2) is 10.5. The van der Waals surface area contributed by atoms with Gasteiger partial charge in [0.25, 0.3) is 0 Å². The van der Waals surface area contributed by atoms with Gasteiger partial charge >= 0.3 is 0 Å². The molecule has 0 aromatic heterocycles. The fraction of sp³-hybridized carbons (Fsp3) is 0.900. The first-order valence-electron chi connectivity index (χ1n) is 5.25. The summed E-state index contributed by atoms with van der Waals surface area (Å²) in [5.74, 6) is 0. The summed E-state index contributed by atoms with van der Waals surface area (Å²) >= 11 is 0. The minimum Gasteiger partial charge on any atom is -0.381 e. The Morgan fingerprint density at radius 2 is 1.86 bits per heavy atom. The average molecular weight is 202 g/mol. The van der Waals surface area contributed by atoms with Crippen LogP contribution in [0.15, 0.2) is 0 Å². The molecule has 0 aliphatic rings. The topological polar surface area (TPSA) is 50.4 Å². The Labute approximate surface area is 86.4 Å². The molecule has 0 unspecified atom stereocenters. The van der Waals surface area contributed by atoms with E-state index in [9.17, 15) is 4.79 Å². The highest BCUT2D eigenvalue weighted by Gasteiger charge is 1.92. The molecule has 0 bridgehead atoms. The molecule has 84 valence electrons. The van der Waals surface area contributed by atoms with Gasteiger partial charge in [-0.25, -0.2) is 0 Å². The van der Waals surface area contributed by atoms with Gasteiger partial charge in [-0.15, -0.1) is 0 Å². The van der Waals surface area contributed by atoms with Crippen LogP contribution in [-0.2, 0) is 9.53 Å². The van der Waals surface area contributed by atoms with Crippen molar-refractivity contribution in [2.24, 2.45) is 0 Å². The molecule has 0 fully saturated rings. The lowest BCUT2D eigenvalue weighted by molar-refractivity contribution is -0.109. The zero-order chi connectivity index (χ0) is 10.6. The van der Waals surface area contributed by atoms with E-state index in [1.807, 2.05) is 0 Å². The molecule has 0 aromatic rings. The summed E-state index contributed by atoms with van der Waals surface area (Å²) in [7, 11) is 0. The number of hydrogen-bond donors (Lipinski definition) is 2. The predicted octanol–water partition coefficient (Wildman–Crippen LogP) is 0.527. The minimum absolute atomic E-state index is 0.548. The van der Waals surface area contributed by atoms with Crippen LogP contribution in [0.1, 0.15) is 26.7 Å². The van der Waals surface area contributed by atoms with Crippen LogP contribution in [0.3, 0.4) is 0 Å². The third-order valence-corrected chi connectivity index (χ3v) is 1.71. The average Bonchev–Trinajstić information content (AvgIpc) is 2.15. The lowest BCUT2D eigenvalue weighted by atomic mass is 10.3. The first kappa shape index (κ1) is 13.4. The summed E-state index contributed by atoms with van der Waals surface area (Å²) in [6, 6.07) is 0.548. The molecule has 0 atom stereocenters. The summed E-state index contributed by atoms with van der Waals surface area (Å²) in [5, 5.41) is 5.91. The SMILES string of the molecule is CC(C)NCCCOCCCNC=O. The maximum Gasteiger partial charge on any atom is 0.207 e. The highest BCUT2D eigenvalue weighted by molar-refractivity contribution is 5.45. The molecule has 0 rings (SSSR count). The van der Waals surface area contributed by atoms with E-state index in [1.165, 1.54) is 0 Å². The first-order chi connectivity index (χ1) is 6.77. The van der Waals surface area contributed by atoms with Crippen LogP contribution >= 0.6 is 0 Å². The van der Waals surface area contributed by atoms with Gasteiger partial charge in [-0.1, -0.05) is 13.8 Å². The van der Waals surface area contributed by atoms with Crippen LogP contribution in [0, 0.1) is 0 Å². The Morgan fingerprint density at radius 1 is 1.21 bits per heavy atom. The van der Waals surface area contributed by atoms with Gasteiger partial charge in [0.05, 0.1) is 0 Å². The maximum absolute atomic E-state index is 9.88. The van der Waals surface area contributed by atoms with E-state index < -0.39 is 0 Å². The van der Waals surface area contributed by atoms with Crippen molar-refractivity contribution in [2.75, 3.05) is 26.3 Å². The Balaban J connectivity index is 2.88. The zero-order valence-corrected chi connectivity index (χ0v) is 9.21. The summed E-state index contributed by atoms with van der Waals surface area (Å²) in [5.41, 5.74) is 0. The number of carbonyl (C=O) groups excluding carboxylic acids is 1. The van der Waals surface area contributed by atoms with Crippen LogP contribution < -0.4 is 10.6 Å². The number of carbonyl (C=O) groups is 1. The highest BCUT2D eigenvalue weighted by atomic mass is 16.5. The molecule has 0 aromatic carbocycles. The smallest absolute Gasteiger partial charge is 0.207 e. The van der Waals surface area contributed by atoms with Gasteiger partial charge in [0.2, 0.25) is 6.41 Å². The van der Waals surface area contributed by atoms with Gasteiger partial charge in [-0.05, 0) is 19.4 Å². The lowest BCUT2D eigenvalue weighted by Gasteiger charge is -2.07. The molecule has 4 heteroatoms. The Hall–Kier alpha value is -0.610. The predicted molar refractivity (Wildman–Crippen MR) is 57.3 cm³/mol. The van der Waals surface area contributed by atoms with Gasteiger partial charge in [-0.3, -0.25) is 4.79 Å². The normalized spacial score (nSPS) is 10.5. The molecule has 1 amide bonds. The first-order valence-corrected chi connectivity index (χ1v) is 5.25. The van der Waals surface area contributed by atoms with E-state index in [0.29, 0.717) is 19.0 Å². The monoisotopic (exact) mass is 202 g/mol. The highest BCUT2D eigenvalue weighted by Crippen LogP contribution is 1.85. The number of nitrogens with one attached hydrogen (secondary N) is 2. The molecule has 0 aliphatic heterocycles. The Kier molecular flexibility index (Phi) is 10.0. The lowest BCUT2D eigenvalue weighted by Crippen LogP contribution is -2.24. The number of rotatable bonds is 10. The number of amides is 1. The van der Waals surface area contributed by atoms with E-state index >= 15 is 0 Å². The molecule has 2 N–H and O–H groups in total. The van der Waals surface area contributed by atoms with Crippen molar-refractivity contribution in [3.05, 3.63) is 0 Å². The third kappa shape index (κ3) is 11.4. The van der Waals surface area contributed by atoms with Crippen molar-refractivity contribution >= 4 is 6.41 Å². The van der Waals surface area contributed by atoms with Crippen LogP contribution in [0.5, 0.6) is 0 Å². The van der Waals surface area contributed by atoms with Crippen LogP contribution in [0.25, 0.3) is 0 Å². The standard InChI is InChI=1S/C10H22N2O2/c1-10(2)12-6-4-8-14-7-3-5-11-9-13/h9-10,12H,3-8H2,1-2H3,(H,11,13). The van der Waals surface area contributed by atoms with E-state index in [1.54, 1.807) is 0 Å². The van der Waals surface area contributed by atoms with E-state index in [0.717, 1.165) is 32.6 Å². The van der Waals surface area contributed by atoms with Crippen LogP contribution in [0.4, 0.5) is 0 Å². The van der Waals surface area contributed by atoms with Gasteiger partial charge in [0, 0.05) is 25.8 Å². The molecule has 0 radical (unpaired) electrons. The number of hydrogen-bond acceptors (Lipinski definition) is 3. The Bertz CT molecular complexity index is 129. The van der Waals surface area contributed by atoms with Gasteiger partial charge in [-0.2, -0.15) is 0 Å². The summed E-state index contributed by atoms with van der Waals surface area (Å²) in [4.78, 5) is 9.88. The third-order valence-electron chi connectivity index (χ3n) is 1.71. The molecule has 0 spiro atoms. The van der Waals surface area contributed by atoms with Crippen molar-refractivity contribution in [1.29, 1.82) is 0 Å². The van der Waals surface area contributed by atoms with Crippen molar-refractivity contribution in [2.45, 2.75) is 32.7 Å². The second-order valence-electron chi connectivity index (χ2n) is 3.50. The Morgan fingerprint density at radius 3 is 2.43 bits per heavy atom. The molecular weight excluding hydrogens is 180 g/mol. The van der Waals surface area contributed by atoms with Gasteiger partial charge in [0.15, 0.2) is 0 Å². The molecule has 14 heavy (non-hydrogen) atoms. The fourth-order valence-corrected chi connectivity index (χ4v) is 1.00. The summed E-state index contributed by atoms with van der Waals surface area (Å²) < 4.78 is 5.37. The molecular formula is C10H22N2O2. The van der Waals surface area contributed by atoms with Crippen LogP contribution in [-0.4, -0.2) is 38.8 Å². The summed E-state index contributed by atoms with van der Waals surface area (Å²) in [6.07, 6.45) is 2.64. The van der Waals surface area contributed by atoms with Crippen molar-refractivity contribution in [3.8, 4) is 0 Å². The molecule has 0 saturated carbocycles. The molecule has 4 nitrogen and oxygen atoms in total. The fourth-order valence-electron chi connectivity index (χ4n) is 1.00. The van der Waals surface area contributed by atoms with E-state index in [2.05, 4.69) is 24.5 Å². The zero-order valence-electron chi connectivity index (χ0n) is 9.21. The van der Waals surface area contributed by atoms with E-state index in [4.69, 9.17) is 4.74 Å². The van der Waals surface area contributed by atoms with Gasteiger partial charge in [0.1, 0.15) is 0 Å². The molecule has 0 saturated heterocycles. The summed E-state index contributed by atoms with van der Waals surface area (Å²) in [6.45, 7) is 7.49. The molecule has 0 aliphatic carbocycles. The second-order valence-corrected chi connectivity index (χ2v) is 3.50. The van der Waals surface area contributed by atoms with Crippen LogP contribution in [0.2, 0.25) is 0 Å². The maximum atomic E-state index is 9.88. The quantitative estimate of drug-likeness (QED) is 0.401. The van der Waals surface area contributed by atoms with Gasteiger partial charge < -0.3 is 15.4 Å². The van der Waals surface area contributed by atoms with Crippen molar-refractivity contribution < 1.29 is 9.53 Å². The van der Waals surface area contributed by atoms with Crippen molar-refractivity contribution in [1.82, 2.24) is 10.6 Å². The minimum atomic E-state index is 0.548. The van der Waals surface area contributed by atoms with E-state index in [-0.39, 0.29) is 0 Å². The largest absolute Gasteiger partial charge is 0.381 e.